The molecule has 0 spiro atoms. The van der Waals surface area contributed by atoms with Gasteiger partial charge in [-0.1, -0.05) is 18.2 Å². The summed E-state index contributed by atoms with van der Waals surface area (Å²) in [5.74, 6) is 0.119. The molecule has 2 rings (SSSR count). The van der Waals surface area contributed by atoms with Gasteiger partial charge in [-0.3, -0.25) is 9.69 Å². The molecule has 5 nitrogen and oxygen atoms in total. The number of likely N-dealkylation sites (N-methyl/N-ethyl adjacent to an activating group) is 1. The van der Waals surface area contributed by atoms with Crippen LogP contribution in [0.3, 0.4) is 0 Å². The van der Waals surface area contributed by atoms with Gasteiger partial charge in [0, 0.05) is 52.0 Å². The van der Waals surface area contributed by atoms with Crippen LogP contribution in [0.15, 0.2) is 30.3 Å². The highest BCUT2D eigenvalue weighted by atomic mass is 16.2. The van der Waals surface area contributed by atoms with Crippen LogP contribution in [-0.2, 0) is 4.79 Å². The van der Waals surface area contributed by atoms with Crippen molar-refractivity contribution in [3.8, 4) is 0 Å². The van der Waals surface area contributed by atoms with Gasteiger partial charge in [-0.2, -0.15) is 0 Å². The first-order valence-corrected chi connectivity index (χ1v) is 7.21. The highest BCUT2D eigenvalue weighted by Gasteiger charge is 2.12. The van der Waals surface area contributed by atoms with Crippen molar-refractivity contribution in [2.45, 2.75) is 0 Å². The Morgan fingerprint density at radius 3 is 2.70 bits per heavy atom. The first kappa shape index (κ1) is 14.8. The largest absolute Gasteiger partial charge is 0.373 e. The minimum atomic E-state index is 0.119. The molecule has 0 aliphatic carbocycles. The van der Waals surface area contributed by atoms with Crippen molar-refractivity contribution in [2.24, 2.45) is 0 Å². The molecule has 1 saturated heterocycles. The zero-order valence-corrected chi connectivity index (χ0v) is 12.1. The number of amides is 1. The van der Waals surface area contributed by atoms with Gasteiger partial charge in [0.05, 0.1) is 6.54 Å². The van der Waals surface area contributed by atoms with Gasteiger partial charge in [-0.15, -0.1) is 0 Å². The number of rotatable bonds is 6. The quantitative estimate of drug-likeness (QED) is 0.776. The Bertz CT molecular complexity index is 404. The van der Waals surface area contributed by atoms with Crippen LogP contribution < -0.4 is 15.5 Å². The summed E-state index contributed by atoms with van der Waals surface area (Å²) in [6.45, 7) is 5.87. The molecule has 0 saturated carbocycles. The second-order valence-corrected chi connectivity index (χ2v) is 5.13. The maximum atomic E-state index is 11.8. The molecule has 1 amide bonds. The van der Waals surface area contributed by atoms with E-state index in [-0.39, 0.29) is 5.91 Å². The highest BCUT2D eigenvalue weighted by molar-refractivity contribution is 5.78. The van der Waals surface area contributed by atoms with Gasteiger partial charge in [0.15, 0.2) is 0 Å². The van der Waals surface area contributed by atoms with Crippen LogP contribution in [-0.4, -0.2) is 63.7 Å². The van der Waals surface area contributed by atoms with E-state index in [1.165, 1.54) is 5.69 Å². The molecular weight excluding hydrogens is 252 g/mol. The lowest BCUT2D eigenvalue weighted by Gasteiger charge is -2.26. The lowest BCUT2D eigenvalue weighted by Crippen LogP contribution is -2.48. The van der Waals surface area contributed by atoms with Crippen LogP contribution in [0.4, 0.5) is 5.69 Å². The first-order chi connectivity index (χ1) is 9.75. The van der Waals surface area contributed by atoms with Gasteiger partial charge in [-0.05, 0) is 12.1 Å². The lowest BCUT2D eigenvalue weighted by molar-refractivity contribution is -0.122. The number of piperazine rings is 1. The molecule has 110 valence electrons. The molecule has 1 aromatic carbocycles. The first-order valence-electron chi connectivity index (χ1n) is 7.21. The van der Waals surface area contributed by atoms with E-state index in [4.69, 9.17) is 0 Å². The molecule has 2 N–H and O–H groups in total. The van der Waals surface area contributed by atoms with E-state index in [2.05, 4.69) is 32.6 Å². The second kappa shape index (κ2) is 7.87. The van der Waals surface area contributed by atoms with Crippen LogP contribution in [0, 0.1) is 0 Å². The highest BCUT2D eigenvalue weighted by Crippen LogP contribution is 2.09. The Labute approximate surface area is 120 Å². The number of hydrogen-bond donors (Lipinski definition) is 2. The summed E-state index contributed by atoms with van der Waals surface area (Å²) in [6.07, 6.45) is 0. The van der Waals surface area contributed by atoms with Crippen molar-refractivity contribution in [2.75, 3.05) is 57.8 Å². The number of carbonyl (C=O) groups excluding carboxylic acids is 1. The third-order valence-corrected chi connectivity index (χ3v) is 3.54. The van der Waals surface area contributed by atoms with Gasteiger partial charge in [-0.25, -0.2) is 0 Å². The topological polar surface area (TPSA) is 47.6 Å². The molecule has 1 aliphatic rings. The van der Waals surface area contributed by atoms with E-state index in [9.17, 15) is 4.79 Å². The van der Waals surface area contributed by atoms with Gasteiger partial charge < -0.3 is 15.5 Å². The number of hydrogen-bond acceptors (Lipinski definition) is 4. The Hall–Kier alpha value is -1.59. The summed E-state index contributed by atoms with van der Waals surface area (Å²) >= 11 is 0. The van der Waals surface area contributed by atoms with E-state index < -0.39 is 0 Å². The van der Waals surface area contributed by atoms with E-state index in [0.717, 1.165) is 32.7 Å². The lowest BCUT2D eigenvalue weighted by atomic mass is 10.3. The molecule has 0 unspecified atom stereocenters. The Morgan fingerprint density at radius 1 is 1.30 bits per heavy atom. The molecule has 0 aromatic heterocycles. The average molecular weight is 276 g/mol. The molecule has 0 atom stereocenters. The standard InChI is InChI=1S/C15H24N4O/c1-18(14-5-3-2-4-6-14)10-9-17-15(20)13-19-11-7-16-8-12-19/h2-6,16H,7-13H2,1H3,(H,17,20). The summed E-state index contributed by atoms with van der Waals surface area (Å²) < 4.78 is 0. The normalized spacial score (nSPS) is 15.8. The van der Waals surface area contributed by atoms with Crippen molar-refractivity contribution in [1.29, 1.82) is 0 Å². The third kappa shape index (κ3) is 4.83. The van der Waals surface area contributed by atoms with Crippen LogP contribution in [0.25, 0.3) is 0 Å². The van der Waals surface area contributed by atoms with Crippen molar-refractivity contribution in [1.82, 2.24) is 15.5 Å². The van der Waals surface area contributed by atoms with Crippen molar-refractivity contribution < 1.29 is 4.79 Å². The fourth-order valence-electron chi connectivity index (χ4n) is 2.30. The summed E-state index contributed by atoms with van der Waals surface area (Å²) in [5, 5.41) is 6.27. The van der Waals surface area contributed by atoms with Gasteiger partial charge in [0.25, 0.3) is 0 Å². The van der Waals surface area contributed by atoms with E-state index >= 15 is 0 Å². The van der Waals surface area contributed by atoms with Crippen LogP contribution in [0.5, 0.6) is 0 Å². The van der Waals surface area contributed by atoms with Crippen molar-refractivity contribution in [3.63, 3.8) is 0 Å². The molecule has 1 heterocycles. The smallest absolute Gasteiger partial charge is 0.234 e. The van der Waals surface area contributed by atoms with Crippen LogP contribution >= 0.6 is 0 Å². The maximum absolute atomic E-state index is 11.8. The fraction of sp³-hybridized carbons (Fsp3) is 0.533. The Morgan fingerprint density at radius 2 is 2.00 bits per heavy atom. The van der Waals surface area contributed by atoms with Crippen molar-refractivity contribution in [3.05, 3.63) is 30.3 Å². The number of benzene rings is 1. The molecule has 5 heteroatoms. The molecule has 1 aromatic rings. The van der Waals surface area contributed by atoms with Gasteiger partial charge >= 0.3 is 0 Å². The summed E-state index contributed by atoms with van der Waals surface area (Å²) in [4.78, 5) is 16.2. The SMILES string of the molecule is CN(CCNC(=O)CN1CCNCC1)c1ccccc1. The van der Waals surface area contributed by atoms with Crippen LogP contribution in [0.2, 0.25) is 0 Å². The molecule has 20 heavy (non-hydrogen) atoms. The molecule has 0 bridgehead atoms. The predicted molar refractivity (Wildman–Crippen MR) is 82.0 cm³/mol. The molecule has 0 radical (unpaired) electrons. The van der Waals surface area contributed by atoms with Crippen LogP contribution in [0.1, 0.15) is 0 Å². The number of nitrogens with one attached hydrogen (secondary N) is 2. The molecule has 1 aliphatic heterocycles. The average Bonchev–Trinajstić information content (AvgIpc) is 2.49. The second-order valence-electron chi connectivity index (χ2n) is 5.13. The summed E-state index contributed by atoms with van der Waals surface area (Å²) in [5.41, 5.74) is 1.17. The monoisotopic (exact) mass is 276 g/mol. The minimum Gasteiger partial charge on any atom is -0.373 e. The van der Waals surface area contributed by atoms with Gasteiger partial charge in [0.1, 0.15) is 0 Å². The number of nitrogens with zero attached hydrogens (tertiary/aromatic N) is 2. The zero-order valence-electron chi connectivity index (χ0n) is 12.1. The third-order valence-electron chi connectivity index (χ3n) is 3.54. The van der Waals surface area contributed by atoms with Gasteiger partial charge in [0.2, 0.25) is 5.91 Å². The predicted octanol–water partition coefficient (Wildman–Crippen LogP) is 0.144. The number of anilines is 1. The van der Waals surface area contributed by atoms with E-state index in [1.54, 1.807) is 0 Å². The molecular formula is C15H24N4O. The Balaban J connectivity index is 1.63. The van der Waals surface area contributed by atoms with E-state index in [0.29, 0.717) is 13.1 Å². The minimum absolute atomic E-state index is 0.119. The molecule has 1 fully saturated rings. The summed E-state index contributed by atoms with van der Waals surface area (Å²) in [7, 11) is 2.04. The maximum Gasteiger partial charge on any atom is 0.234 e. The van der Waals surface area contributed by atoms with Crippen molar-refractivity contribution >= 4 is 11.6 Å². The number of carbonyl (C=O) groups is 1. The zero-order chi connectivity index (χ0) is 14.2. The van der Waals surface area contributed by atoms with E-state index in [1.807, 2.05) is 25.2 Å². The Kier molecular flexibility index (Phi) is 5.83. The number of para-hydroxylation sites is 1. The summed E-state index contributed by atoms with van der Waals surface area (Å²) in [6, 6.07) is 10.2. The fourth-order valence-corrected chi connectivity index (χ4v) is 2.30.